The van der Waals surface area contributed by atoms with E-state index < -0.39 is 0 Å². The first-order valence-electron chi connectivity index (χ1n) is 9.00. The number of benzene rings is 1. The number of rotatable bonds is 9. The zero-order valence-electron chi connectivity index (χ0n) is 16.4. The van der Waals surface area contributed by atoms with Gasteiger partial charge in [0.15, 0.2) is 0 Å². The second-order valence-electron chi connectivity index (χ2n) is 6.60. The maximum absolute atomic E-state index is 11.8. The maximum atomic E-state index is 11.8. The van der Waals surface area contributed by atoms with Crippen molar-refractivity contribution in [3.63, 3.8) is 0 Å². The van der Waals surface area contributed by atoms with E-state index in [1.807, 2.05) is 38.4 Å². The van der Waals surface area contributed by atoms with Crippen molar-refractivity contribution in [1.82, 2.24) is 9.88 Å². The molecule has 1 aromatic carbocycles. The van der Waals surface area contributed by atoms with Gasteiger partial charge in [0, 0.05) is 18.9 Å². The summed E-state index contributed by atoms with van der Waals surface area (Å²) in [6, 6.07) is 7.31. The fraction of sp³-hybridized carbons (Fsp3) is 0.316. The molecule has 0 bridgehead atoms. The van der Waals surface area contributed by atoms with E-state index >= 15 is 0 Å². The minimum Gasteiger partial charge on any atom is -0.494 e. The summed E-state index contributed by atoms with van der Waals surface area (Å²) >= 11 is 14.9. The van der Waals surface area contributed by atoms with Crippen molar-refractivity contribution in [3.05, 3.63) is 66.9 Å². The van der Waals surface area contributed by atoms with Crippen molar-refractivity contribution < 1.29 is 9.66 Å². The van der Waals surface area contributed by atoms with Crippen LogP contribution in [0.4, 0.5) is 5.69 Å². The van der Waals surface area contributed by atoms with Crippen molar-refractivity contribution in [2.45, 2.75) is 11.3 Å². The Labute approximate surface area is 193 Å². The van der Waals surface area contributed by atoms with Gasteiger partial charge in [-0.25, -0.2) is 4.90 Å². The topological polar surface area (TPSA) is 71.7 Å². The van der Waals surface area contributed by atoms with Crippen molar-refractivity contribution in [2.24, 2.45) is 0 Å². The van der Waals surface area contributed by atoms with Crippen LogP contribution in [0.25, 0.3) is 0 Å². The lowest BCUT2D eigenvalue weighted by Gasteiger charge is -2.14. The summed E-state index contributed by atoms with van der Waals surface area (Å²) in [4.78, 5) is 19.7. The van der Waals surface area contributed by atoms with Gasteiger partial charge < -0.3 is 19.8 Å². The lowest BCUT2D eigenvalue weighted by molar-refractivity contribution is -0.426. The quantitative estimate of drug-likeness (QED) is 0.264. The molecule has 2 heterocycles. The number of ether oxygens (including phenoxy) is 1. The van der Waals surface area contributed by atoms with Crippen LogP contribution in [0.1, 0.15) is 6.42 Å². The molecule has 11 heteroatoms. The number of anilines is 1. The Morgan fingerprint density at radius 1 is 1.27 bits per heavy atom. The van der Waals surface area contributed by atoms with Crippen LogP contribution in [0.15, 0.2) is 51.6 Å². The van der Waals surface area contributed by atoms with Crippen LogP contribution >= 0.6 is 46.7 Å². The highest BCUT2D eigenvalue weighted by molar-refractivity contribution is 8.22. The van der Waals surface area contributed by atoms with E-state index in [0.29, 0.717) is 31.7 Å². The highest BCUT2D eigenvalue weighted by Crippen LogP contribution is 2.48. The first-order chi connectivity index (χ1) is 14.4. The summed E-state index contributed by atoms with van der Waals surface area (Å²) in [7, 11) is 4.04. The Hall–Kier alpha value is -1.65. The fourth-order valence-corrected chi connectivity index (χ4v) is 5.52. The molecule has 0 saturated carbocycles. The van der Waals surface area contributed by atoms with Gasteiger partial charge in [0.1, 0.15) is 21.6 Å². The Morgan fingerprint density at radius 2 is 1.93 bits per heavy atom. The molecule has 0 spiro atoms. The number of thioether (sulfide) groups is 2. The lowest BCUT2D eigenvalue weighted by atomic mass is 10.3. The predicted molar refractivity (Wildman–Crippen MR) is 124 cm³/mol. The van der Waals surface area contributed by atoms with Crippen molar-refractivity contribution in [1.29, 1.82) is 0 Å². The molecule has 0 saturated heterocycles. The summed E-state index contributed by atoms with van der Waals surface area (Å²) in [6.45, 7) is 1.57. The molecule has 1 aliphatic heterocycles. The zero-order chi connectivity index (χ0) is 21.7. The molecule has 1 aliphatic rings. The van der Waals surface area contributed by atoms with Gasteiger partial charge in [0.25, 0.3) is 0 Å². The van der Waals surface area contributed by atoms with E-state index in [2.05, 4.69) is 9.88 Å². The second-order valence-corrected chi connectivity index (χ2v) is 9.65. The van der Waals surface area contributed by atoms with Crippen LogP contribution in [-0.4, -0.2) is 47.9 Å². The third-order valence-corrected chi connectivity index (χ3v) is 7.35. The van der Waals surface area contributed by atoms with Crippen LogP contribution in [0.5, 0.6) is 5.75 Å². The number of hydrogen-bond acceptors (Lipinski definition) is 8. The second kappa shape index (κ2) is 10.6. The molecule has 1 aromatic heterocycles. The Balaban J connectivity index is 1.75. The molecule has 0 fully saturated rings. The first-order valence-corrected chi connectivity index (χ1v) is 11.6. The summed E-state index contributed by atoms with van der Waals surface area (Å²) in [5, 5.41) is 12.5. The number of nitro groups is 1. The molecular formula is C19H20Cl2N4O3S2. The van der Waals surface area contributed by atoms with Crippen molar-refractivity contribution in [2.75, 3.05) is 38.0 Å². The average Bonchev–Trinajstić information content (AvgIpc) is 3.12. The van der Waals surface area contributed by atoms with Gasteiger partial charge in [0.2, 0.25) is 0 Å². The number of aromatic nitrogens is 1. The van der Waals surface area contributed by atoms with Gasteiger partial charge in [-0.1, -0.05) is 46.7 Å². The molecule has 30 heavy (non-hydrogen) atoms. The molecule has 160 valence electrons. The Bertz CT molecular complexity index is 922. The van der Waals surface area contributed by atoms with E-state index in [0.717, 1.165) is 24.4 Å². The van der Waals surface area contributed by atoms with Crippen molar-refractivity contribution in [3.8, 4) is 5.75 Å². The van der Waals surface area contributed by atoms with Gasteiger partial charge in [-0.05, 0) is 49.7 Å². The number of pyridine rings is 1. The monoisotopic (exact) mass is 486 g/mol. The molecule has 7 nitrogen and oxygen atoms in total. The molecule has 3 rings (SSSR count). The van der Waals surface area contributed by atoms with Crippen LogP contribution in [0.2, 0.25) is 10.0 Å². The van der Waals surface area contributed by atoms with E-state index in [-0.39, 0.29) is 10.7 Å². The summed E-state index contributed by atoms with van der Waals surface area (Å²) in [6.07, 6.45) is 3.86. The molecule has 0 amide bonds. The molecule has 0 radical (unpaired) electrons. The van der Waals surface area contributed by atoms with E-state index in [1.165, 1.54) is 35.9 Å². The van der Waals surface area contributed by atoms with Crippen LogP contribution in [-0.2, 0) is 0 Å². The average molecular weight is 487 g/mol. The maximum Gasteiger partial charge on any atom is 0.344 e. The number of nitrogens with zero attached hydrogens (tertiary/aromatic N) is 4. The largest absolute Gasteiger partial charge is 0.494 e. The third-order valence-electron chi connectivity index (χ3n) is 4.11. The minimum atomic E-state index is -0.378. The summed E-state index contributed by atoms with van der Waals surface area (Å²) in [5.74, 6) is 1.16. The molecule has 2 aromatic rings. The van der Waals surface area contributed by atoms with E-state index in [4.69, 9.17) is 27.9 Å². The first kappa shape index (κ1) is 23.0. The lowest BCUT2D eigenvalue weighted by Crippen LogP contribution is -2.23. The normalized spacial score (nSPS) is 14.0. The van der Waals surface area contributed by atoms with Gasteiger partial charge in [-0.3, -0.25) is 4.98 Å². The van der Waals surface area contributed by atoms with Gasteiger partial charge >= 0.3 is 5.82 Å². The Kier molecular flexibility index (Phi) is 8.13. The minimum absolute atomic E-state index is 0.00796. The van der Waals surface area contributed by atoms with Crippen LogP contribution < -0.4 is 9.64 Å². The highest BCUT2D eigenvalue weighted by Gasteiger charge is 2.36. The van der Waals surface area contributed by atoms with Crippen LogP contribution in [0, 0.1) is 10.1 Å². The zero-order valence-corrected chi connectivity index (χ0v) is 19.5. The van der Waals surface area contributed by atoms with E-state index in [1.54, 1.807) is 4.90 Å². The summed E-state index contributed by atoms with van der Waals surface area (Å²) < 4.78 is 6.27. The van der Waals surface area contributed by atoms with Gasteiger partial charge in [-0.2, -0.15) is 0 Å². The summed E-state index contributed by atoms with van der Waals surface area (Å²) in [5.41, 5.74) is 0.720. The third kappa shape index (κ3) is 5.73. The fourth-order valence-electron chi connectivity index (χ4n) is 2.69. The smallest absolute Gasteiger partial charge is 0.344 e. The molecular weight excluding hydrogens is 467 g/mol. The highest BCUT2D eigenvalue weighted by atomic mass is 35.5. The molecule has 0 aliphatic carbocycles. The Morgan fingerprint density at radius 3 is 2.53 bits per heavy atom. The van der Waals surface area contributed by atoms with Gasteiger partial charge in [-0.15, -0.1) is 0 Å². The molecule has 0 unspecified atom stereocenters. The molecule has 0 N–H and O–H groups in total. The van der Waals surface area contributed by atoms with Gasteiger partial charge in [0.05, 0.1) is 21.5 Å². The SMILES string of the molecule is CN(C)CCCOc1ccc(N2CSC(Sc3c(Cl)cncc3Cl)=C2[N+](=O)[O-])cc1. The van der Waals surface area contributed by atoms with E-state index in [9.17, 15) is 10.1 Å². The standard InChI is InChI=1S/C19H20Cl2N4O3S2/c1-23(2)8-3-9-28-14-6-4-13(5-7-14)24-12-29-19(18(24)25(26)27)30-17-15(20)10-22-11-16(17)21/h4-7,10-11H,3,8-9,12H2,1-2H3. The number of halogens is 2. The molecule has 0 atom stereocenters. The van der Waals surface area contributed by atoms with Crippen LogP contribution in [0.3, 0.4) is 0 Å². The number of hydrogen-bond donors (Lipinski definition) is 0. The predicted octanol–water partition coefficient (Wildman–Crippen LogP) is 5.43. The van der Waals surface area contributed by atoms with Crippen molar-refractivity contribution >= 4 is 52.4 Å².